The second-order valence-electron chi connectivity index (χ2n) is 19.1. The number of carbonyl (C=O) groups is 6. The van der Waals surface area contributed by atoms with E-state index in [1.165, 1.54) is 19.8 Å². The van der Waals surface area contributed by atoms with Gasteiger partial charge >= 0.3 is 5.97 Å². The fourth-order valence-corrected chi connectivity index (χ4v) is 10.1. The van der Waals surface area contributed by atoms with Gasteiger partial charge in [0, 0.05) is 72.5 Å². The zero-order valence-electron chi connectivity index (χ0n) is 41.2. The van der Waals surface area contributed by atoms with Crippen LogP contribution < -0.4 is 34.6 Å². The minimum Gasteiger partial charge on any atom is -0.493 e. The molecule has 72 heavy (non-hydrogen) atoms. The molecule has 5 aromatic rings. The number of unbranched alkanes of at least 4 members (excludes halogenated alkanes) is 1. The SMILES string of the molecule is COC(=O)CCCCC(=O)N[C@@H](C)C(=O)C[C@@H](C)C(=O)Nc1cc(COc2cc3c(cc2C)C(=O)N2c4ccccc4C[C@H]2CC3)cc(COc2cc3c(cc2OC)C(=O)N2c4ccccc4C[C@H]2C=N3)c1. The van der Waals surface area contributed by atoms with Gasteiger partial charge in [0.15, 0.2) is 17.3 Å². The first-order chi connectivity index (χ1) is 34.8. The summed E-state index contributed by atoms with van der Waals surface area (Å²) in [5.41, 5.74) is 9.20. The molecule has 4 amide bonds. The number of nitrogens with one attached hydrogen (secondary N) is 2. The molecule has 0 saturated heterocycles. The number of ether oxygens (including phenoxy) is 4. The van der Waals surface area contributed by atoms with Gasteiger partial charge in [-0.15, -0.1) is 0 Å². The molecule has 0 saturated carbocycles. The van der Waals surface area contributed by atoms with Crippen LogP contribution in [0.25, 0.3) is 0 Å². The largest absolute Gasteiger partial charge is 0.493 e. The Morgan fingerprint density at radius 1 is 0.736 bits per heavy atom. The minimum atomic E-state index is -0.816. The van der Waals surface area contributed by atoms with Crippen molar-refractivity contribution in [3.63, 3.8) is 0 Å². The quantitative estimate of drug-likeness (QED) is 0.0636. The Labute approximate surface area is 418 Å². The molecule has 0 bridgehead atoms. The van der Waals surface area contributed by atoms with Gasteiger partial charge in [0.25, 0.3) is 11.8 Å². The van der Waals surface area contributed by atoms with Crippen LogP contribution in [0.5, 0.6) is 17.2 Å². The van der Waals surface area contributed by atoms with Crippen molar-refractivity contribution in [1.82, 2.24) is 5.32 Å². The molecule has 4 atom stereocenters. The van der Waals surface area contributed by atoms with E-state index in [-0.39, 0.29) is 74.0 Å². The first-order valence-electron chi connectivity index (χ1n) is 24.6. The molecule has 5 aromatic carbocycles. The summed E-state index contributed by atoms with van der Waals surface area (Å²) < 4.78 is 23.4. The fourth-order valence-electron chi connectivity index (χ4n) is 10.1. The average Bonchev–Trinajstić information content (AvgIpc) is 3.87. The number of anilines is 3. The van der Waals surface area contributed by atoms with Gasteiger partial charge in [-0.3, -0.25) is 38.7 Å². The molecule has 0 radical (unpaired) electrons. The minimum absolute atomic E-state index is 0.00461. The highest BCUT2D eigenvalue weighted by Gasteiger charge is 2.38. The summed E-state index contributed by atoms with van der Waals surface area (Å²) in [6.45, 7) is 5.31. The van der Waals surface area contributed by atoms with E-state index in [0.717, 1.165) is 47.3 Å². The number of rotatable bonds is 18. The maximum absolute atomic E-state index is 14.1. The van der Waals surface area contributed by atoms with Crippen molar-refractivity contribution in [2.45, 2.75) is 110 Å². The van der Waals surface area contributed by atoms with Gasteiger partial charge in [-0.25, -0.2) is 0 Å². The zero-order valence-corrected chi connectivity index (χ0v) is 41.2. The molecule has 4 heterocycles. The van der Waals surface area contributed by atoms with E-state index in [0.29, 0.717) is 70.1 Å². The van der Waals surface area contributed by atoms with Gasteiger partial charge in [-0.2, -0.15) is 0 Å². The summed E-state index contributed by atoms with van der Waals surface area (Å²) in [7, 11) is 2.83. The molecular weight excluding hydrogens is 915 g/mol. The predicted octanol–water partition coefficient (Wildman–Crippen LogP) is 8.74. The fraction of sp³-hybridized carbons (Fsp3) is 0.351. The van der Waals surface area contributed by atoms with Crippen LogP contribution in [0.3, 0.4) is 0 Å². The van der Waals surface area contributed by atoms with Crippen LogP contribution in [-0.4, -0.2) is 73.9 Å². The van der Waals surface area contributed by atoms with E-state index in [4.69, 9.17) is 19.2 Å². The molecule has 0 unspecified atom stereocenters. The number of esters is 1. The number of amides is 4. The first kappa shape index (κ1) is 49.2. The normalized spacial score (nSPS) is 16.9. The number of nitrogens with zero attached hydrogens (tertiary/aromatic N) is 3. The van der Waals surface area contributed by atoms with Crippen LogP contribution in [0.1, 0.15) is 106 Å². The third kappa shape index (κ3) is 10.5. The second kappa shape index (κ2) is 21.3. The van der Waals surface area contributed by atoms with Crippen molar-refractivity contribution >= 4 is 64.3 Å². The van der Waals surface area contributed by atoms with Crippen LogP contribution in [0.15, 0.2) is 96.0 Å². The van der Waals surface area contributed by atoms with Crippen molar-refractivity contribution in [2.24, 2.45) is 10.9 Å². The van der Waals surface area contributed by atoms with E-state index >= 15 is 0 Å². The van der Waals surface area contributed by atoms with Gasteiger partial charge in [-0.05, 0) is 128 Å². The zero-order chi connectivity index (χ0) is 50.6. The van der Waals surface area contributed by atoms with E-state index in [9.17, 15) is 28.8 Å². The molecule has 0 aliphatic carbocycles. The van der Waals surface area contributed by atoms with Crippen LogP contribution >= 0.6 is 0 Å². The molecule has 0 fully saturated rings. The number of benzene rings is 5. The lowest BCUT2D eigenvalue weighted by molar-refractivity contribution is -0.140. The first-order valence-corrected chi connectivity index (χ1v) is 24.6. The molecule has 4 aliphatic rings. The van der Waals surface area contributed by atoms with E-state index in [2.05, 4.69) is 21.4 Å². The number of hydrogen-bond acceptors (Lipinski definition) is 11. The van der Waals surface area contributed by atoms with Crippen molar-refractivity contribution in [3.05, 3.63) is 136 Å². The Bertz CT molecular complexity index is 3000. The van der Waals surface area contributed by atoms with Crippen LogP contribution in [0, 0.1) is 12.8 Å². The lowest BCUT2D eigenvalue weighted by Gasteiger charge is -2.23. The number of aliphatic imine (C=N–C) groups is 1. The third-order valence-corrected chi connectivity index (χ3v) is 14.0. The van der Waals surface area contributed by atoms with Crippen molar-refractivity contribution < 1.29 is 47.7 Å². The summed E-state index contributed by atoms with van der Waals surface area (Å²) in [6.07, 6.45) is 6.02. The van der Waals surface area contributed by atoms with Crippen LogP contribution in [0.4, 0.5) is 22.7 Å². The monoisotopic (exact) mass is 973 g/mol. The number of carbonyl (C=O) groups excluding carboxylic acids is 6. The maximum atomic E-state index is 14.1. The molecule has 15 heteroatoms. The highest BCUT2D eigenvalue weighted by molar-refractivity contribution is 6.15. The lowest BCUT2D eigenvalue weighted by atomic mass is 9.98. The molecular formula is C57H59N5O10. The number of para-hydroxylation sites is 2. The van der Waals surface area contributed by atoms with E-state index < -0.39 is 17.9 Å². The molecule has 372 valence electrons. The predicted molar refractivity (Wildman–Crippen MR) is 273 cm³/mol. The second-order valence-corrected chi connectivity index (χ2v) is 19.1. The number of fused-ring (bicyclic) bond motifs is 8. The molecule has 0 aromatic heterocycles. The van der Waals surface area contributed by atoms with Crippen LogP contribution in [-0.2, 0) is 56.4 Å². The summed E-state index contributed by atoms with van der Waals surface area (Å²) in [4.78, 5) is 87.6. The number of aryl methyl sites for hydroxylation is 2. The maximum Gasteiger partial charge on any atom is 0.305 e. The summed E-state index contributed by atoms with van der Waals surface area (Å²) in [5, 5.41) is 5.70. The van der Waals surface area contributed by atoms with Crippen LogP contribution in [0.2, 0.25) is 0 Å². The smallest absolute Gasteiger partial charge is 0.305 e. The Balaban J connectivity index is 0.921. The Kier molecular flexibility index (Phi) is 14.5. The van der Waals surface area contributed by atoms with Gasteiger partial charge in [0.1, 0.15) is 19.0 Å². The third-order valence-electron chi connectivity index (χ3n) is 14.0. The number of hydrogen-bond donors (Lipinski definition) is 2. The van der Waals surface area contributed by atoms with Gasteiger partial charge in [-0.1, -0.05) is 43.3 Å². The average molecular weight is 974 g/mol. The summed E-state index contributed by atoms with van der Waals surface area (Å²) >= 11 is 0. The number of ketones is 1. The standard InChI is InChI=1S/C57H59N5O10/c1-33-20-44-38(18-19-42-25-39-12-6-8-14-47(39)61(42)56(44)67)27-50(33)71-31-36-22-37(24-41(23-36)60-55(66)34(2)21-49(63)35(3)59-53(64)16-10-11-17-54(65)70-5)32-72-52-29-46-45(28-51(52)69-4)57(68)62-43(30-58-46)26-40-13-7-9-15-48(40)62/h6-9,12-15,20,22-24,27-30,34-35,42-43H,10-11,16-19,21,25-26,31-32H2,1-5H3,(H,59,64)(H,60,66)/t34-,35+,42-,43+/m1/s1. The summed E-state index contributed by atoms with van der Waals surface area (Å²) in [5.74, 6) is -0.946. The molecule has 9 rings (SSSR count). The topological polar surface area (TPSA) is 182 Å². The number of methoxy groups -OCH3 is 2. The highest BCUT2D eigenvalue weighted by atomic mass is 16.5. The van der Waals surface area contributed by atoms with Gasteiger partial charge in [0.2, 0.25) is 11.8 Å². The number of Topliss-reactive ketones (excluding diaryl/α,β-unsaturated/α-hetero) is 1. The molecule has 2 N–H and O–H groups in total. The Morgan fingerprint density at radius 3 is 2.12 bits per heavy atom. The Morgan fingerprint density at radius 2 is 1.40 bits per heavy atom. The Hall–Kier alpha value is -7.81. The molecule has 15 nitrogen and oxygen atoms in total. The summed E-state index contributed by atoms with van der Waals surface area (Å²) in [6, 6.07) is 27.8. The van der Waals surface area contributed by atoms with Crippen molar-refractivity contribution in [1.29, 1.82) is 0 Å². The van der Waals surface area contributed by atoms with Crippen molar-refractivity contribution in [2.75, 3.05) is 29.3 Å². The molecule has 0 spiro atoms. The van der Waals surface area contributed by atoms with Gasteiger partial charge in [0.05, 0.1) is 37.6 Å². The van der Waals surface area contributed by atoms with E-state index in [1.807, 2.05) is 72.5 Å². The lowest BCUT2D eigenvalue weighted by Crippen LogP contribution is -2.39. The molecule has 4 aliphatic heterocycles. The highest BCUT2D eigenvalue weighted by Crippen LogP contribution is 2.42. The van der Waals surface area contributed by atoms with Gasteiger partial charge < -0.3 is 34.5 Å². The van der Waals surface area contributed by atoms with E-state index in [1.54, 1.807) is 49.2 Å². The van der Waals surface area contributed by atoms with Crippen molar-refractivity contribution in [3.8, 4) is 17.2 Å².